The van der Waals surface area contributed by atoms with Gasteiger partial charge in [-0.15, -0.1) is 0 Å². The first-order chi connectivity index (χ1) is 9.78. The summed E-state index contributed by atoms with van der Waals surface area (Å²) in [6.07, 6.45) is -4.92. The lowest BCUT2D eigenvalue weighted by Crippen LogP contribution is -2.52. The fourth-order valence-corrected chi connectivity index (χ4v) is 2.80. The Morgan fingerprint density at radius 2 is 1.95 bits per heavy atom. The molecule has 2 atom stereocenters. The molecule has 0 spiro atoms. The lowest BCUT2D eigenvalue weighted by Gasteiger charge is -2.42. The first-order valence-corrected chi connectivity index (χ1v) is 7.18. The lowest BCUT2D eigenvalue weighted by atomic mass is 9.83. The molecule has 1 heterocycles. The second kappa shape index (κ2) is 5.97. The third-order valence-corrected chi connectivity index (χ3v) is 3.90. The first-order valence-electron chi connectivity index (χ1n) is 6.81. The summed E-state index contributed by atoms with van der Waals surface area (Å²) in [5, 5.41) is 0.336. The maximum Gasteiger partial charge on any atom is 0.422 e. The number of carbonyl (C=O) groups is 1. The van der Waals surface area contributed by atoms with Gasteiger partial charge in [-0.05, 0) is 24.1 Å². The zero-order valence-electron chi connectivity index (χ0n) is 11.5. The van der Waals surface area contributed by atoms with Crippen molar-refractivity contribution >= 4 is 17.4 Å². The summed E-state index contributed by atoms with van der Waals surface area (Å²) >= 11 is 5.73. The average Bonchev–Trinajstić information content (AvgIpc) is 2.37. The number of rotatable bonds is 3. The molecule has 0 aliphatic carbocycles. The van der Waals surface area contributed by atoms with Crippen LogP contribution in [0.1, 0.15) is 38.2 Å². The molecular weight excluding hydrogens is 305 g/mol. The van der Waals surface area contributed by atoms with Crippen LogP contribution in [0.5, 0.6) is 0 Å². The van der Waals surface area contributed by atoms with E-state index < -0.39 is 30.1 Å². The number of hydrogen-bond donors (Lipinski definition) is 0. The van der Waals surface area contributed by atoms with Crippen LogP contribution in [0.3, 0.4) is 0 Å². The standard InChI is InChI=1S/C15H16ClF3O2/c1-2-3-13-8-12(20)9-14(21-13,15(17,18)19)10-4-6-11(16)7-5-10/h4-7,13H,2-3,8-9H2,1H3/t13-,14-/m1/s1. The van der Waals surface area contributed by atoms with E-state index in [9.17, 15) is 18.0 Å². The van der Waals surface area contributed by atoms with Gasteiger partial charge in [0.25, 0.3) is 0 Å². The maximum absolute atomic E-state index is 13.7. The van der Waals surface area contributed by atoms with Gasteiger partial charge in [0.1, 0.15) is 5.78 Å². The number of carbonyl (C=O) groups excluding carboxylic acids is 1. The van der Waals surface area contributed by atoms with E-state index in [1.807, 2.05) is 6.92 Å². The third-order valence-electron chi connectivity index (χ3n) is 3.65. The van der Waals surface area contributed by atoms with Crippen molar-refractivity contribution in [2.24, 2.45) is 0 Å². The first kappa shape index (κ1) is 16.3. The number of halogens is 4. The van der Waals surface area contributed by atoms with Gasteiger partial charge in [0, 0.05) is 17.9 Å². The number of Topliss-reactive ketones (excluding diaryl/α,β-unsaturated/α-hetero) is 1. The molecule has 0 saturated carbocycles. The molecule has 6 heteroatoms. The minimum Gasteiger partial charge on any atom is -0.357 e. The van der Waals surface area contributed by atoms with Gasteiger partial charge in [-0.3, -0.25) is 4.79 Å². The molecule has 1 aliphatic rings. The van der Waals surface area contributed by atoms with Gasteiger partial charge >= 0.3 is 6.18 Å². The summed E-state index contributed by atoms with van der Waals surface area (Å²) in [5.41, 5.74) is -2.64. The van der Waals surface area contributed by atoms with Crippen LogP contribution in [0.2, 0.25) is 5.02 Å². The van der Waals surface area contributed by atoms with Crippen LogP contribution < -0.4 is 0 Å². The van der Waals surface area contributed by atoms with E-state index in [0.29, 0.717) is 17.9 Å². The van der Waals surface area contributed by atoms with E-state index >= 15 is 0 Å². The summed E-state index contributed by atoms with van der Waals surface area (Å²) in [5.74, 6) is -0.424. The normalized spacial score (nSPS) is 26.9. The number of ether oxygens (including phenoxy) is 1. The quantitative estimate of drug-likeness (QED) is 0.810. The minimum absolute atomic E-state index is 0.0409. The number of ketones is 1. The van der Waals surface area contributed by atoms with Crippen LogP contribution in [0, 0.1) is 0 Å². The van der Waals surface area contributed by atoms with Crippen LogP contribution in [0.4, 0.5) is 13.2 Å². The van der Waals surface area contributed by atoms with Crippen molar-refractivity contribution in [3.05, 3.63) is 34.9 Å². The molecule has 0 N–H and O–H groups in total. The molecule has 2 nitrogen and oxygen atoms in total. The summed E-state index contributed by atoms with van der Waals surface area (Å²) in [7, 11) is 0. The van der Waals surface area contributed by atoms with Gasteiger partial charge in [0.05, 0.1) is 6.10 Å². The smallest absolute Gasteiger partial charge is 0.357 e. The molecule has 1 fully saturated rings. The van der Waals surface area contributed by atoms with Crippen LogP contribution in [-0.4, -0.2) is 18.1 Å². The molecule has 2 rings (SSSR count). The van der Waals surface area contributed by atoms with Crippen molar-refractivity contribution in [3.8, 4) is 0 Å². The monoisotopic (exact) mass is 320 g/mol. The third kappa shape index (κ3) is 3.24. The van der Waals surface area contributed by atoms with Gasteiger partial charge in [-0.2, -0.15) is 13.2 Å². The van der Waals surface area contributed by atoms with Crippen molar-refractivity contribution in [1.82, 2.24) is 0 Å². The number of benzene rings is 1. The topological polar surface area (TPSA) is 26.3 Å². The Labute approximate surface area is 126 Å². The SMILES string of the molecule is CCC[C@@H]1CC(=O)C[C@@](c2ccc(Cl)cc2)(C(F)(F)F)O1. The second-order valence-electron chi connectivity index (χ2n) is 5.28. The summed E-state index contributed by atoms with van der Waals surface area (Å²) < 4.78 is 46.4. The second-order valence-corrected chi connectivity index (χ2v) is 5.72. The Morgan fingerprint density at radius 1 is 1.33 bits per heavy atom. The van der Waals surface area contributed by atoms with Crippen molar-refractivity contribution in [2.45, 2.75) is 50.5 Å². The van der Waals surface area contributed by atoms with E-state index in [0.717, 1.165) is 0 Å². The van der Waals surface area contributed by atoms with Crippen LogP contribution in [-0.2, 0) is 15.1 Å². The van der Waals surface area contributed by atoms with Gasteiger partial charge < -0.3 is 4.74 Å². The van der Waals surface area contributed by atoms with Gasteiger partial charge in [0.2, 0.25) is 0 Å². The average molecular weight is 321 g/mol. The van der Waals surface area contributed by atoms with Gasteiger partial charge in [-0.1, -0.05) is 37.1 Å². The van der Waals surface area contributed by atoms with Crippen molar-refractivity contribution in [3.63, 3.8) is 0 Å². The lowest BCUT2D eigenvalue weighted by molar-refractivity contribution is -0.306. The fourth-order valence-electron chi connectivity index (χ4n) is 2.67. The molecule has 0 radical (unpaired) electrons. The highest BCUT2D eigenvalue weighted by Crippen LogP contribution is 2.49. The highest BCUT2D eigenvalue weighted by atomic mass is 35.5. The minimum atomic E-state index is -4.66. The van der Waals surface area contributed by atoms with Gasteiger partial charge in [0.15, 0.2) is 5.60 Å². The predicted molar refractivity (Wildman–Crippen MR) is 73.2 cm³/mol. The molecule has 0 unspecified atom stereocenters. The molecule has 116 valence electrons. The molecule has 21 heavy (non-hydrogen) atoms. The predicted octanol–water partition coefficient (Wildman–Crippen LogP) is 4.65. The molecule has 0 bridgehead atoms. The zero-order chi connectivity index (χ0) is 15.7. The Morgan fingerprint density at radius 3 is 2.48 bits per heavy atom. The molecular formula is C15H16ClF3O2. The van der Waals surface area contributed by atoms with Crippen molar-refractivity contribution in [1.29, 1.82) is 0 Å². The van der Waals surface area contributed by atoms with Crippen molar-refractivity contribution in [2.75, 3.05) is 0 Å². The maximum atomic E-state index is 13.7. The molecule has 0 amide bonds. The van der Waals surface area contributed by atoms with E-state index in [-0.39, 0.29) is 12.0 Å². The van der Waals surface area contributed by atoms with Crippen LogP contribution >= 0.6 is 11.6 Å². The summed E-state index contributed by atoms with van der Waals surface area (Å²) in [6, 6.07) is 5.30. The summed E-state index contributed by atoms with van der Waals surface area (Å²) in [4.78, 5) is 11.8. The Hall–Kier alpha value is -1.07. The highest BCUT2D eigenvalue weighted by Gasteiger charge is 2.60. The van der Waals surface area contributed by atoms with E-state index in [1.165, 1.54) is 24.3 Å². The zero-order valence-corrected chi connectivity index (χ0v) is 12.3. The molecule has 0 aromatic heterocycles. The van der Waals surface area contributed by atoms with E-state index in [2.05, 4.69) is 0 Å². The Balaban J connectivity index is 2.46. The molecule has 1 aromatic carbocycles. The summed E-state index contributed by atoms with van der Waals surface area (Å²) in [6.45, 7) is 1.85. The van der Waals surface area contributed by atoms with Gasteiger partial charge in [-0.25, -0.2) is 0 Å². The Kier molecular flexibility index (Phi) is 4.63. The van der Waals surface area contributed by atoms with E-state index in [1.54, 1.807) is 0 Å². The largest absolute Gasteiger partial charge is 0.422 e. The molecule has 1 aromatic rings. The number of alkyl halides is 3. The number of hydrogen-bond acceptors (Lipinski definition) is 2. The molecule has 1 aliphatic heterocycles. The van der Waals surface area contributed by atoms with Crippen molar-refractivity contribution < 1.29 is 22.7 Å². The molecule has 1 saturated heterocycles. The highest BCUT2D eigenvalue weighted by molar-refractivity contribution is 6.30. The van der Waals surface area contributed by atoms with Crippen LogP contribution in [0.15, 0.2) is 24.3 Å². The van der Waals surface area contributed by atoms with Crippen LogP contribution in [0.25, 0.3) is 0 Å². The fraction of sp³-hybridized carbons (Fsp3) is 0.533. The Bertz CT molecular complexity index is 513. The van der Waals surface area contributed by atoms with E-state index in [4.69, 9.17) is 16.3 Å².